The first kappa shape index (κ1) is 15.2. The number of rotatable bonds is 4. The van der Waals surface area contributed by atoms with Crippen molar-refractivity contribution in [3.63, 3.8) is 0 Å². The Hall–Kier alpha value is -1.24. The molecule has 1 atom stereocenters. The summed E-state index contributed by atoms with van der Waals surface area (Å²) in [6, 6.07) is 8.11. The minimum Gasteiger partial charge on any atom is -0.382 e. The van der Waals surface area contributed by atoms with Crippen molar-refractivity contribution in [3.05, 3.63) is 28.8 Å². The fourth-order valence-electron chi connectivity index (χ4n) is 2.85. The van der Waals surface area contributed by atoms with E-state index in [1.165, 1.54) is 25.9 Å². The van der Waals surface area contributed by atoms with Crippen LogP contribution >= 0.6 is 11.6 Å². The van der Waals surface area contributed by atoms with Crippen molar-refractivity contribution in [1.82, 2.24) is 4.90 Å². The zero-order valence-corrected chi connectivity index (χ0v) is 13.0. The molecule has 1 aliphatic rings. The summed E-state index contributed by atoms with van der Waals surface area (Å²) in [5, 5.41) is 13.0. The lowest BCUT2D eigenvalue weighted by Gasteiger charge is -2.34. The number of hydrogen-bond donors (Lipinski definition) is 1. The maximum Gasteiger partial charge on any atom is 0.101 e. The van der Waals surface area contributed by atoms with Gasteiger partial charge in [0.1, 0.15) is 6.07 Å². The lowest BCUT2D eigenvalue weighted by atomic mass is 9.90. The van der Waals surface area contributed by atoms with Crippen molar-refractivity contribution < 1.29 is 0 Å². The highest BCUT2D eigenvalue weighted by Crippen LogP contribution is 2.25. The van der Waals surface area contributed by atoms with E-state index in [0.29, 0.717) is 22.5 Å². The number of nitrogens with one attached hydrogen (secondary N) is 1. The molecule has 1 aromatic carbocycles. The predicted molar refractivity (Wildman–Crippen MR) is 84.1 cm³/mol. The zero-order chi connectivity index (χ0) is 14.5. The van der Waals surface area contributed by atoms with Gasteiger partial charge in [0.05, 0.1) is 10.6 Å². The lowest BCUT2D eigenvalue weighted by Crippen LogP contribution is -2.39. The highest BCUT2D eigenvalue weighted by Gasteiger charge is 2.23. The van der Waals surface area contributed by atoms with Crippen LogP contribution in [0.5, 0.6) is 0 Å². The molecule has 2 rings (SSSR count). The minimum absolute atomic E-state index is 0.418. The van der Waals surface area contributed by atoms with Crippen LogP contribution in [0.1, 0.15) is 32.3 Å². The van der Waals surface area contributed by atoms with E-state index in [-0.39, 0.29) is 0 Å². The second kappa shape index (κ2) is 6.97. The summed E-state index contributed by atoms with van der Waals surface area (Å²) >= 11 is 5.96. The summed E-state index contributed by atoms with van der Waals surface area (Å²) < 4.78 is 0. The molecule has 0 aliphatic carbocycles. The van der Waals surface area contributed by atoms with Gasteiger partial charge in [0, 0.05) is 11.7 Å². The molecule has 1 heterocycles. The van der Waals surface area contributed by atoms with Gasteiger partial charge in [-0.1, -0.05) is 18.5 Å². The molecule has 0 spiro atoms. The third-order valence-corrected chi connectivity index (χ3v) is 4.60. The first-order valence-corrected chi connectivity index (χ1v) is 7.70. The van der Waals surface area contributed by atoms with Crippen molar-refractivity contribution in [2.75, 3.05) is 25.0 Å². The van der Waals surface area contributed by atoms with Gasteiger partial charge in [0.2, 0.25) is 0 Å². The van der Waals surface area contributed by atoms with Gasteiger partial charge in [-0.15, -0.1) is 0 Å². The number of anilines is 1. The molecule has 1 aromatic rings. The molecule has 0 bridgehead atoms. The van der Waals surface area contributed by atoms with Crippen molar-refractivity contribution in [3.8, 4) is 6.07 Å². The first-order valence-electron chi connectivity index (χ1n) is 7.32. The number of halogens is 1. The Morgan fingerprint density at radius 3 is 2.75 bits per heavy atom. The molecular weight excluding hydrogens is 270 g/mol. The largest absolute Gasteiger partial charge is 0.382 e. The summed E-state index contributed by atoms with van der Waals surface area (Å²) in [7, 11) is 0. The molecule has 0 saturated carbocycles. The minimum atomic E-state index is 0.418. The molecule has 1 unspecified atom stereocenters. The van der Waals surface area contributed by atoms with E-state index in [1.54, 1.807) is 6.07 Å². The molecule has 0 amide bonds. The first-order chi connectivity index (χ1) is 9.63. The molecule has 0 radical (unpaired) electrons. The van der Waals surface area contributed by atoms with Crippen LogP contribution in [0.25, 0.3) is 0 Å². The topological polar surface area (TPSA) is 39.1 Å². The number of nitriles is 1. The maximum atomic E-state index is 9.01. The average Bonchev–Trinajstić information content (AvgIpc) is 2.49. The van der Waals surface area contributed by atoms with Crippen molar-refractivity contribution in [2.45, 2.75) is 32.7 Å². The van der Waals surface area contributed by atoms with Crippen LogP contribution < -0.4 is 5.32 Å². The van der Waals surface area contributed by atoms with Gasteiger partial charge in [-0.05, 0) is 63.5 Å². The quantitative estimate of drug-likeness (QED) is 0.918. The summed E-state index contributed by atoms with van der Waals surface area (Å²) in [6.45, 7) is 7.98. The summed E-state index contributed by atoms with van der Waals surface area (Å²) in [6.07, 6.45) is 2.47. The van der Waals surface area contributed by atoms with E-state index < -0.39 is 0 Å². The fourth-order valence-corrected chi connectivity index (χ4v) is 3.01. The van der Waals surface area contributed by atoms with Gasteiger partial charge in [-0.2, -0.15) is 5.26 Å². The van der Waals surface area contributed by atoms with Crippen molar-refractivity contribution in [1.29, 1.82) is 5.26 Å². The van der Waals surface area contributed by atoms with Gasteiger partial charge in [-0.3, -0.25) is 0 Å². The summed E-state index contributed by atoms with van der Waals surface area (Å²) in [5.41, 5.74) is 1.51. The summed E-state index contributed by atoms with van der Waals surface area (Å²) in [5.74, 6) is 0.694. The van der Waals surface area contributed by atoms with Gasteiger partial charge in [-0.25, -0.2) is 0 Å². The molecule has 3 nitrogen and oxygen atoms in total. The Labute approximate surface area is 126 Å². The van der Waals surface area contributed by atoms with E-state index >= 15 is 0 Å². The van der Waals surface area contributed by atoms with Gasteiger partial charge in [0.25, 0.3) is 0 Å². The van der Waals surface area contributed by atoms with E-state index in [1.807, 2.05) is 12.1 Å². The van der Waals surface area contributed by atoms with Crippen LogP contribution in [-0.2, 0) is 0 Å². The van der Waals surface area contributed by atoms with E-state index in [2.05, 4.69) is 30.1 Å². The number of benzene rings is 1. The number of likely N-dealkylation sites (tertiary alicyclic amines) is 1. The average molecular weight is 292 g/mol. The van der Waals surface area contributed by atoms with Crippen LogP contribution in [0.3, 0.4) is 0 Å². The molecule has 1 saturated heterocycles. The normalized spacial score (nSPS) is 18.5. The van der Waals surface area contributed by atoms with Crippen molar-refractivity contribution in [2.24, 2.45) is 5.92 Å². The zero-order valence-electron chi connectivity index (χ0n) is 12.2. The Bertz CT molecular complexity index is 487. The molecule has 1 aliphatic heterocycles. The standard InChI is InChI=1S/C16H22ClN3/c1-3-20-8-6-13(7-9-20)12(2)19-15-4-5-16(17)14(10-15)11-18/h4-5,10,12-13,19H,3,6-9H2,1-2H3. The maximum absolute atomic E-state index is 9.01. The Balaban J connectivity index is 1.95. The van der Waals surface area contributed by atoms with Crippen LogP contribution in [-0.4, -0.2) is 30.6 Å². The predicted octanol–water partition coefficient (Wildman–Crippen LogP) is 3.74. The molecule has 108 valence electrons. The van der Waals surface area contributed by atoms with Crippen LogP contribution in [0, 0.1) is 17.2 Å². The Morgan fingerprint density at radius 1 is 1.45 bits per heavy atom. The van der Waals surface area contributed by atoms with Gasteiger partial charge in [0.15, 0.2) is 0 Å². The molecule has 1 N–H and O–H groups in total. The van der Waals surface area contributed by atoms with Crippen LogP contribution in [0.4, 0.5) is 5.69 Å². The lowest BCUT2D eigenvalue weighted by molar-refractivity contribution is 0.183. The fraction of sp³-hybridized carbons (Fsp3) is 0.562. The highest BCUT2D eigenvalue weighted by atomic mass is 35.5. The number of hydrogen-bond acceptors (Lipinski definition) is 3. The second-order valence-corrected chi connectivity index (χ2v) is 5.92. The molecule has 4 heteroatoms. The molecule has 20 heavy (non-hydrogen) atoms. The number of nitrogens with zero attached hydrogens (tertiary/aromatic N) is 2. The molecule has 1 fully saturated rings. The van der Waals surface area contributed by atoms with E-state index in [9.17, 15) is 0 Å². The highest BCUT2D eigenvalue weighted by molar-refractivity contribution is 6.31. The monoisotopic (exact) mass is 291 g/mol. The SMILES string of the molecule is CCN1CCC(C(C)Nc2ccc(Cl)c(C#N)c2)CC1. The second-order valence-electron chi connectivity index (χ2n) is 5.51. The van der Waals surface area contributed by atoms with E-state index in [4.69, 9.17) is 16.9 Å². The van der Waals surface area contributed by atoms with Gasteiger partial charge < -0.3 is 10.2 Å². The van der Waals surface area contributed by atoms with E-state index in [0.717, 1.165) is 12.2 Å². The third kappa shape index (κ3) is 3.65. The van der Waals surface area contributed by atoms with Crippen molar-refractivity contribution >= 4 is 17.3 Å². The van der Waals surface area contributed by atoms with Crippen LogP contribution in [0.2, 0.25) is 5.02 Å². The number of piperidine rings is 1. The van der Waals surface area contributed by atoms with Gasteiger partial charge >= 0.3 is 0 Å². The van der Waals surface area contributed by atoms with Crippen LogP contribution in [0.15, 0.2) is 18.2 Å². The summed E-state index contributed by atoms with van der Waals surface area (Å²) in [4.78, 5) is 2.50. The Kier molecular flexibility index (Phi) is 5.28. The molecular formula is C16H22ClN3. The third-order valence-electron chi connectivity index (χ3n) is 4.27. The smallest absolute Gasteiger partial charge is 0.101 e. The Morgan fingerprint density at radius 2 is 2.15 bits per heavy atom. The molecule has 0 aromatic heterocycles.